The molecule has 1 saturated heterocycles. The van der Waals surface area contributed by atoms with Gasteiger partial charge in [0.1, 0.15) is 17.9 Å². The third-order valence-corrected chi connectivity index (χ3v) is 3.52. The maximum Gasteiger partial charge on any atom is 0.410 e. The van der Waals surface area contributed by atoms with Crippen molar-refractivity contribution in [2.75, 3.05) is 19.6 Å². The summed E-state index contributed by atoms with van der Waals surface area (Å²) in [6.45, 7) is 9.54. The number of furan rings is 1. The highest BCUT2D eigenvalue weighted by atomic mass is 16.6. The molecule has 26 heavy (non-hydrogen) atoms. The number of nitrogens with one attached hydrogen (secondary N) is 2. The first-order valence-electron chi connectivity index (χ1n) is 8.59. The molecule has 9 nitrogen and oxygen atoms in total. The van der Waals surface area contributed by atoms with E-state index in [-0.39, 0.29) is 24.4 Å². The van der Waals surface area contributed by atoms with Gasteiger partial charge in [0.2, 0.25) is 0 Å². The van der Waals surface area contributed by atoms with Crippen LogP contribution in [0.4, 0.5) is 4.79 Å². The number of likely N-dealkylation sites (tertiary alicyclic amines) is 1. The van der Waals surface area contributed by atoms with Gasteiger partial charge in [-0.1, -0.05) is 0 Å². The topological polar surface area (TPSA) is 122 Å². The average Bonchev–Trinajstić information content (AvgIpc) is 2.95. The molecule has 0 unspecified atom stereocenters. The highest BCUT2D eigenvalue weighted by Gasteiger charge is 2.34. The van der Waals surface area contributed by atoms with Crippen LogP contribution in [-0.4, -0.2) is 54.1 Å². The number of aliphatic imine (C=N–C) groups is 1. The molecular formula is C17H27N5O4. The monoisotopic (exact) mass is 365 g/mol. The van der Waals surface area contributed by atoms with Gasteiger partial charge >= 0.3 is 6.09 Å². The van der Waals surface area contributed by atoms with E-state index in [0.29, 0.717) is 31.4 Å². The fourth-order valence-electron chi connectivity index (χ4n) is 2.31. The Labute approximate surface area is 152 Å². The molecule has 1 aromatic heterocycles. The lowest BCUT2D eigenvalue weighted by Gasteiger charge is -2.40. The summed E-state index contributed by atoms with van der Waals surface area (Å²) in [4.78, 5) is 29.0. The Morgan fingerprint density at radius 3 is 2.62 bits per heavy atom. The van der Waals surface area contributed by atoms with Crippen LogP contribution in [0.15, 0.2) is 21.5 Å². The second-order valence-electron chi connectivity index (χ2n) is 7.05. The number of carbonyl (C=O) groups is 2. The second kappa shape index (κ2) is 8.11. The van der Waals surface area contributed by atoms with Crippen molar-refractivity contribution >= 4 is 18.0 Å². The molecule has 144 valence electrons. The van der Waals surface area contributed by atoms with Crippen molar-refractivity contribution < 1.29 is 18.7 Å². The Bertz CT molecular complexity index is 671. The Morgan fingerprint density at radius 1 is 1.38 bits per heavy atom. The number of guanidine groups is 1. The van der Waals surface area contributed by atoms with Crippen molar-refractivity contribution in [1.29, 1.82) is 0 Å². The Morgan fingerprint density at radius 2 is 2.08 bits per heavy atom. The molecule has 1 aliphatic rings. The summed E-state index contributed by atoms with van der Waals surface area (Å²) in [5.41, 5.74) is 4.66. The number of hydrogen-bond donors (Lipinski definition) is 3. The molecule has 0 radical (unpaired) electrons. The number of primary amides is 1. The maximum atomic E-state index is 11.9. The van der Waals surface area contributed by atoms with E-state index in [0.717, 1.165) is 0 Å². The largest absolute Gasteiger partial charge is 0.454 e. The van der Waals surface area contributed by atoms with E-state index in [1.54, 1.807) is 11.0 Å². The predicted molar refractivity (Wildman–Crippen MR) is 96.8 cm³/mol. The number of nitrogens with two attached hydrogens (primary N) is 1. The SMILES string of the molecule is CCNC(=NCc1ccc(C(N)=O)o1)NC1CN(C(=O)OC(C)(C)C)C1. The van der Waals surface area contributed by atoms with E-state index in [2.05, 4.69) is 15.6 Å². The van der Waals surface area contributed by atoms with E-state index < -0.39 is 11.5 Å². The number of nitrogens with zero attached hydrogens (tertiary/aromatic N) is 2. The van der Waals surface area contributed by atoms with Gasteiger partial charge in [0.15, 0.2) is 11.7 Å². The van der Waals surface area contributed by atoms with E-state index in [9.17, 15) is 9.59 Å². The molecule has 2 rings (SSSR count). The second-order valence-corrected chi connectivity index (χ2v) is 7.05. The van der Waals surface area contributed by atoms with Crippen molar-refractivity contribution in [2.24, 2.45) is 10.7 Å². The molecule has 0 aromatic carbocycles. The molecule has 9 heteroatoms. The van der Waals surface area contributed by atoms with Crippen molar-refractivity contribution in [3.63, 3.8) is 0 Å². The summed E-state index contributed by atoms with van der Waals surface area (Å²) in [7, 11) is 0. The van der Waals surface area contributed by atoms with Crippen LogP contribution in [0.5, 0.6) is 0 Å². The molecule has 1 aromatic rings. The number of ether oxygens (including phenoxy) is 1. The first-order valence-corrected chi connectivity index (χ1v) is 8.59. The Kier molecular flexibility index (Phi) is 6.12. The van der Waals surface area contributed by atoms with Crippen molar-refractivity contribution in [3.05, 3.63) is 23.7 Å². The molecule has 2 heterocycles. The Balaban J connectivity index is 1.85. The summed E-state index contributed by atoms with van der Waals surface area (Å²) in [6.07, 6.45) is -0.313. The molecule has 0 atom stereocenters. The van der Waals surface area contributed by atoms with Crippen LogP contribution in [0.2, 0.25) is 0 Å². The summed E-state index contributed by atoms with van der Waals surface area (Å²) in [5, 5.41) is 6.39. The van der Waals surface area contributed by atoms with E-state index in [4.69, 9.17) is 14.9 Å². The lowest BCUT2D eigenvalue weighted by Crippen LogP contribution is -2.63. The van der Waals surface area contributed by atoms with Crippen molar-refractivity contribution in [2.45, 2.75) is 45.9 Å². The third kappa shape index (κ3) is 5.68. The van der Waals surface area contributed by atoms with Crippen LogP contribution in [-0.2, 0) is 11.3 Å². The van der Waals surface area contributed by atoms with Crippen LogP contribution in [0.1, 0.15) is 44.0 Å². The van der Waals surface area contributed by atoms with Crippen LogP contribution in [0, 0.1) is 0 Å². The highest BCUT2D eigenvalue weighted by molar-refractivity contribution is 5.89. The lowest BCUT2D eigenvalue weighted by atomic mass is 10.1. The smallest absolute Gasteiger partial charge is 0.410 e. The molecule has 4 N–H and O–H groups in total. The van der Waals surface area contributed by atoms with Crippen LogP contribution in [0.3, 0.4) is 0 Å². The molecule has 0 aliphatic carbocycles. The third-order valence-electron chi connectivity index (χ3n) is 3.52. The van der Waals surface area contributed by atoms with E-state index in [1.165, 1.54) is 6.07 Å². The van der Waals surface area contributed by atoms with Crippen LogP contribution < -0.4 is 16.4 Å². The highest BCUT2D eigenvalue weighted by Crippen LogP contribution is 2.15. The van der Waals surface area contributed by atoms with Gasteiger partial charge in [-0.3, -0.25) is 4.79 Å². The zero-order chi connectivity index (χ0) is 19.3. The predicted octanol–water partition coefficient (Wildman–Crippen LogP) is 1.05. The van der Waals surface area contributed by atoms with Gasteiger partial charge < -0.3 is 30.4 Å². The molecular weight excluding hydrogens is 338 g/mol. The normalized spacial score (nSPS) is 15.4. The number of rotatable bonds is 5. The summed E-state index contributed by atoms with van der Waals surface area (Å²) < 4.78 is 10.6. The molecule has 0 saturated carbocycles. The number of hydrogen-bond acceptors (Lipinski definition) is 5. The van der Waals surface area contributed by atoms with Gasteiger partial charge in [-0.15, -0.1) is 0 Å². The number of carbonyl (C=O) groups excluding carboxylic acids is 2. The van der Waals surface area contributed by atoms with Gasteiger partial charge in [0, 0.05) is 19.6 Å². The first-order chi connectivity index (χ1) is 12.2. The minimum absolute atomic E-state index is 0.0955. The van der Waals surface area contributed by atoms with Crippen LogP contribution >= 0.6 is 0 Å². The molecule has 1 fully saturated rings. The van der Waals surface area contributed by atoms with E-state index >= 15 is 0 Å². The number of amides is 2. The minimum Gasteiger partial charge on any atom is -0.454 e. The standard InChI is InChI=1S/C17H27N5O4/c1-5-19-15(20-8-12-6-7-13(25-12)14(18)23)21-11-9-22(10-11)16(24)26-17(2,3)4/h6-7,11H,5,8-10H2,1-4H3,(H2,18,23)(H2,19,20,21). The van der Waals surface area contributed by atoms with Gasteiger partial charge in [-0.05, 0) is 39.8 Å². The fourth-order valence-corrected chi connectivity index (χ4v) is 2.31. The van der Waals surface area contributed by atoms with Gasteiger partial charge in [0.05, 0.1) is 6.04 Å². The van der Waals surface area contributed by atoms with Crippen molar-refractivity contribution in [1.82, 2.24) is 15.5 Å². The molecule has 1 aliphatic heterocycles. The molecule has 0 bridgehead atoms. The zero-order valence-corrected chi connectivity index (χ0v) is 15.7. The quantitative estimate of drug-likeness (QED) is 0.530. The Hall–Kier alpha value is -2.71. The van der Waals surface area contributed by atoms with Gasteiger partial charge in [0.25, 0.3) is 5.91 Å². The average molecular weight is 365 g/mol. The van der Waals surface area contributed by atoms with Gasteiger partial charge in [-0.25, -0.2) is 9.79 Å². The molecule has 0 spiro atoms. The first kappa shape index (κ1) is 19.6. The summed E-state index contributed by atoms with van der Waals surface area (Å²) >= 11 is 0. The van der Waals surface area contributed by atoms with E-state index in [1.807, 2.05) is 27.7 Å². The van der Waals surface area contributed by atoms with Crippen molar-refractivity contribution in [3.8, 4) is 0 Å². The summed E-state index contributed by atoms with van der Waals surface area (Å²) in [6, 6.07) is 3.29. The molecule has 2 amide bonds. The van der Waals surface area contributed by atoms with Gasteiger partial charge in [-0.2, -0.15) is 0 Å². The zero-order valence-electron chi connectivity index (χ0n) is 15.7. The lowest BCUT2D eigenvalue weighted by molar-refractivity contribution is 0.00700. The minimum atomic E-state index is -0.609. The maximum absolute atomic E-state index is 11.9. The summed E-state index contributed by atoms with van der Waals surface area (Å²) in [5.74, 6) is 0.653. The fraction of sp³-hybridized carbons (Fsp3) is 0.588. The van der Waals surface area contributed by atoms with Crippen LogP contribution in [0.25, 0.3) is 0 Å².